The molecule has 0 amide bonds. The van der Waals surface area contributed by atoms with E-state index in [-0.39, 0.29) is 29.6 Å². The van der Waals surface area contributed by atoms with E-state index in [0.29, 0.717) is 0 Å². The summed E-state index contributed by atoms with van der Waals surface area (Å²) in [6, 6.07) is 0. The van der Waals surface area contributed by atoms with Crippen LogP contribution in [0.15, 0.2) is 0 Å². The minimum atomic E-state index is -6.29. The minimum Gasteiger partial charge on any atom is -0.400 e. The zero-order valence-corrected chi connectivity index (χ0v) is 9.54. The summed E-state index contributed by atoms with van der Waals surface area (Å²) in [7, 11) is -12.3. The Morgan fingerprint density at radius 3 is 1.38 bits per heavy atom. The maximum Gasteiger partial charge on any atom is 1.00 e. The second kappa shape index (κ2) is 4.40. The van der Waals surface area contributed by atoms with Crippen LogP contribution in [0.4, 0.5) is 17.1 Å². The average Bonchev–Trinajstić information content (AvgIpc) is 1.52. The van der Waals surface area contributed by atoms with E-state index in [0.717, 1.165) is 4.13 Å². The van der Waals surface area contributed by atoms with Crippen molar-refractivity contribution in [2.24, 2.45) is 0 Å². The molecular formula is CF4NNaO4S2. The normalized spacial score (nSPS) is 13.5. The Morgan fingerprint density at radius 2 is 1.31 bits per heavy atom. The molecule has 13 heavy (non-hydrogen) atoms. The summed E-state index contributed by atoms with van der Waals surface area (Å²) in [5.74, 6) is 0. The van der Waals surface area contributed by atoms with Gasteiger partial charge in [0, 0.05) is 0 Å². The van der Waals surface area contributed by atoms with Gasteiger partial charge < -0.3 is 4.13 Å². The van der Waals surface area contributed by atoms with E-state index in [2.05, 4.69) is 0 Å². The van der Waals surface area contributed by atoms with Crippen LogP contribution in [0.25, 0.3) is 4.13 Å². The number of nitrogens with zero attached hydrogens (tertiary/aromatic N) is 1. The molecule has 0 rings (SSSR count). The summed E-state index contributed by atoms with van der Waals surface area (Å²) in [4.78, 5) is 0. The van der Waals surface area contributed by atoms with E-state index >= 15 is 0 Å². The molecule has 0 fully saturated rings. The van der Waals surface area contributed by atoms with Crippen molar-refractivity contribution in [3.63, 3.8) is 0 Å². The molecule has 0 aliphatic heterocycles. The predicted molar refractivity (Wildman–Crippen MR) is 28.4 cm³/mol. The van der Waals surface area contributed by atoms with Crippen LogP contribution < -0.4 is 29.6 Å². The Kier molecular flexibility index (Phi) is 5.42. The first-order valence-corrected chi connectivity index (χ1v) is 4.74. The number of sulfonamides is 1. The molecule has 0 aliphatic rings. The summed E-state index contributed by atoms with van der Waals surface area (Å²) >= 11 is 0. The van der Waals surface area contributed by atoms with Crippen molar-refractivity contribution >= 4 is 20.4 Å². The van der Waals surface area contributed by atoms with Crippen molar-refractivity contribution in [1.29, 1.82) is 0 Å². The molecule has 0 aromatic heterocycles. The van der Waals surface area contributed by atoms with Gasteiger partial charge in [-0.25, -0.2) is 16.8 Å². The van der Waals surface area contributed by atoms with Gasteiger partial charge in [0.15, 0.2) is 10.0 Å². The Balaban J connectivity index is 0. The molecule has 0 spiro atoms. The maximum absolute atomic E-state index is 11.3. The molecule has 0 radical (unpaired) electrons. The van der Waals surface area contributed by atoms with E-state index < -0.39 is 25.9 Å². The zero-order valence-electron chi connectivity index (χ0n) is 5.91. The van der Waals surface area contributed by atoms with Crippen LogP contribution in [0.1, 0.15) is 0 Å². The summed E-state index contributed by atoms with van der Waals surface area (Å²) in [5, 5.41) is 0. The fourth-order valence-corrected chi connectivity index (χ4v) is 1.44. The third kappa shape index (κ3) is 5.80. The van der Waals surface area contributed by atoms with Crippen molar-refractivity contribution in [3.05, 3.63) is 4.13 Å². The maximum atomic E-state index is 11.3. The number of hydrogen-bond acceptors (Lipinski definition) is 4. The standard InChI is InChI=1S/CF4NO4S2.Na/c2-1(3,4)11(7,8)6-12(5,9)10;/q-1;+1. The van der Waals surface area contributed by atoms with Gasteiger partial charge in [0.1, 0.15) is 0 Å². The first-order valence-electron chi connectivity index (χ1n) is 1.96. The molecular weight excluding hydrogens is 253 g/mol. The molecule has 0 unspecified atom stereocenters. The third-order valence-electron chi connectivity index (χ3n) is 0.480. The van der Waals surface area contributed by atoms with E-state index in [1.165, 1.54) is 0 Å². The van der Waals surface area contributed by atoms with Crippen molar-refractivity contribution in [1.82, 2.24) is 0 Å². The Bertz CT molecular complexity index is 354. The summed E-state index contributed by atoms with van der Waals surface area (Å²) < 4.78 is 84.3. The summed E-state index contributed by atoms with van der Waals surface area (Å²) in [5.41, 5.74) is -5.91. The van der Waals surface area contributed by atoms with E-state index in [1.807, 2.05) is 0 Å². The van der Waals surface area contributed by atoms with Gasteiger partial charge in [-0.3, -0.25) is 0 Å². The molecule has 0 saturated carbocycles. The Labute approximate surface area is 93.2 Å². The Morgan fingerprint density at radius 1 is 1.00 bits per heavy atom. The summed E-state index contributed by atoms with van der Waals surface area (Å²) in [6.07, 6.45) is 0. The first-order chi connectivity index (χ1) is 4.96. The number of halogens is 4. The fraction of sp³-hybridized carbons (Fsp3) is 1.00. The molecule has 12 heteroatoms. The molecule has 0 saturated heterocycles. The molecule has 5 nitrogen and oxygen atoms in total. The minimum absolute atomic E-state index is 0. The van der Waals surface area contributed by atoms with Gasteiger partial charge in [-0.1, -0.05) is 0 Å². The van der Waals surface area contributed by atoms with Crippen LogP contribution in [0.3, 0.4) is 0 Å². The van der Waals surface area contributed by atoms with Crippen LogP contribution in [-0.2, 0) is 20.4 Å². The molecule has 0 heterocycles. The fourth-order valence-electron chi connectivity index (χ4n) is 0.159. The average molecular weight is 253 g/mol. The molecule has 74 valence electrons. The van der Waals surface area contributed by atoms with Crippen molar-refractivity contribution in [2.75, 3.05) is 0 Å². The number of rotatable bonds is 2. The number of alkyl halides is 3. The van der Waals surface area contributed by atoms with E-state index in [1.54, 1.807) is 0 Å². The van der Waals surface area contributed by atoms with E-state index in [9.17, 15) is 33.9 Å². The molecule has 0 atom stereocenters. The first kappa shape index (κ1) is 16.0. The van der Waals surface area contributed by atoms with Crippen LogP contribution in [0, 0.1) is 0 Å². The molecule has 0 aromatic carbocycles. The van der Waals surface area contributed by atoms with Crippen LogP contribution in [-0.4, -0.2) is 22.3 Å². The van der Waals surface area contributed by atoms with Crippen molar-refractivity contribution in [2.45, 2.75) is 5.51 Å². The predicted octanol–water partition coefficient (Wildman–Crippen LogP) is -2.57. The second-order valence-corrected chi connectivity index (χ2v) is 4.24. The van der Waals surface area contributed by atoms with Crippen LogP contribution >= 0.6 is 0 Å². The van der Waals surface area contributed by atoms with Gasteiger partial charge in [0.05, 0.1) is 0 Å². The molecule has 0 bridgehead atoms. The van der Waals surface area contributed by atoms with Gasteiger partial charge in [-0.2, -0.15) is 13.2 Å². The molecule has 0 N–H and O–H groups in total. The molecule has 0 aromatic rings. The molecule has 0 aliphatic carbocycles. The van der Waals surface area contributed by atoms with Gasteiger partial charge in [-0.05, 0) is 0 Å². The largest absolute Gasteiger partial charge is 1.00 e. The monoisotopic (exact) mass is 253 g/mol. The second-order valence-electron chi connectivity index (χ2n) is 1.41. The van der Waals surface area contributed by atoms with Gasteiger partial charge in [0.2, 0.25) is 10.4 Å². The number of hydrogen-bond donors (Lipinski definition) is 0. The van der Waals surface area contributed by atoms with Gasteiger partial charge in [0.25, 0.3) is 0 Å². The van der Waals surface area contributed by atoms with Gasteiger partial charge in [-0.15, -0.1) is 3.89 Å². The van der Waals surface area contributed by atoms with Crippen LogP contribution in [0.2, 0.25) is 0 Å². The Hall–Kier alpha value is 0.580. The third-order valence-corrected chi connectivity index (χ3v) is 2.56. The van der Waals surface area contributed by atoms with Crippen molar-refractivity contribution in [3.8, 4) is 0 Å². The van der Waals surface area contributed by atoms with Gasteiger partial charge >= 0.3 is 35.1 Å². The summed E-state index contributed by atoms with van der Waals surface area (Å²) in [6.45, 7) is 0. The topological polar surface area (TPSA) is 82.4 Å². The zero-order chi connectivity index (χ0) is 10.2. The smallest absolute Gasteiger partial charge is 0.400 e. The van der Waals surface area contributed by atoms with Crippen molar-refractivity contribution < 1.29 is 63.4 Å². The quantitative estimate of drug-likeness (QED) is 0.307. The van der Waals surface area contributed by atoms with E-state index in [4.69, 9.17) is 0 Å². The van der Waals surface area contributed by atoms with Crippen LogP contribution in [0.5, 0.6) is 0 Å². The SMILES string of the molecule is O=S(=O)(F)[N-]S(=O)(=O)C(F)(F)F.[Na+].